The summed E-state index contributed by atoms with van der Waals surface area (Å²) in [6, 6.07) is 18.5. The van der Waals surface area contributed by atoms with E-state index >= 15 is 0 Å². The summed E-state index contributed by atoms with van der Waals surface area (Å²) < 4.78 is 11.8. The molecule has 22 heavy (non-hydrogen) atoms. The number of ether oxygens (including phenoxy) is 2. The van der Waals surface area contributed by atoms with Gasteiger partial charge in [0.1, 0.15) is 5.75 Å². The van der Waals surface area contributed by atoms with Crippen LogP contribution in [0.2, 0.25) is 0 Å². The first-order chi connectivity index (χ1) is 10.7. The van der Waals surface area contributed by atoms with E-state index in [2.05, 4.69) is 45.0 Å². The van der Waals surface area contributed by atoms with Crippen molar-refractivity contribution in [2.45, 2.75) is 52.4 Å². The number of hydrogen-bond donors (Lipinski definition) is 0. The smallest absolute Gasteiger partial charge is 0.199 e. The molecule has 0 amide bonds. The highest BCUT2D eigenvalue weighted by atomic mass is 16.7. The van der Waals surface area contributed by atoms with Crippen molar-refractivity contribution in [3.63, 3.8) is 0 Å². The fourth-order valence-electron chi connectivity index (χ4n) is 2.26. The van der Waals surface area contributed by atoms with Gasteiger partial charge in [0.25, 0.3) is 0 Å². The second-order valence-corrected chi connectivity index (χ2v) is 5.63. The molecule has 0 bridgehead atoms. The molecular formula is C20H26O2. The molecule has 0 aliphatic carbocycles. The summed E-state index contributed by atoms with van der Waals surface area (Å²) >= 11 is 0. The molecule has 0 saturated heterocycles. The third-order valence-electron chi connectivity index (χ3n) is 3.94. The molecule has 0 heterocycles. The van der Waals surface area contributed by atoms with Gasteiger partial charge in [0, 0.05) is 6.42 Å². The molecule has 0 spiro atoms. The van der Waals surface area contributed by atoms with E-state index in [0.717, 1.165) is 24.2 Å². The summed E-state index contributed by atoms with van der Waals surface area (Å²) in [4.78, 5) is 0. The molecule has 0 N–H and O–H groups in total. The minimum absolute atomic E-state index is 0.213. The van der Waals surface area contributed by atoms with Gasteiger partial charge in [-0.15, -0.1) is 0 Å². The molecule has 2 heteroatoms. The topological polar surface area (TPSA) is 18.5 Å². The minimum Gasteiger partial charge on any atom is -0.465 e. The summed E-state index contributed by atoms with van der Waals surface area (Å²) in [5.74, 6) is 1.46. The van der Waals surface area contributed by atoms with Crippen LogP contribution in [-0.4, -0.2) is 6.29 Å². The average molecular weight is 298 g/mol. The van der Waals surface area contributed by atoms with E-state index in [-0.39, 0.29) is 6.29 Å². The van der Waals surface area contributed by atoms with Crippen molar-refractivity contribution in [3.05, 3.63) is 65.7 Å². The highest BCUT2D eigenvalue weighted by Crippen LogP contribution is 2.22. The van der Waals surface area contributed by atoms with Gasteiger partial charge in [-0.1, -0.05) is 63.2 Å². The van der Waals surface area contributed by atoms with Crippen molar-refractivity contribution in [2.24, 2.45) is 0 Å². The maximum atomic E-state index is 5.93. The monoisotopic (exact) mass is 298 g/mol. The van der Waals surface area contributed by atoms with Crippen LogP contribution in [0.1, 0.15) is 50.7 Å². The lowest BCUT2D eigenvalue weighted by Gasteiger charge is -2.19. The molecule has 2 atom stereocenters. The van der Waals surface area contributed by atoms with Crippen LogP contribution in [0.3, 0.4) is 0 Å². The molecule has 2 unspecified atom stereocenters. The number of hydrogen-bond acceptors (Lipinski definition) is 2. The zero-order chi connectivity index (χ0) is 15.8. The Morgan fingerprint density at radius 1 is 0.864 bits per heavy atom. The summed E-state index contributed by atoms with van der Waals surface area (Å²) in [6.07, 6.45) is 1.76. The van der Waals surface area contributed by atoms with Crippen LogP contribution in [0.15, 0.2) is 54.6 Å². The molecule has 0 saturated carbocycles. The molecule has 0 aromatic heterocycles. The van der Waals surface area contributed by atoms with E-state index in [0.29, 0.717) is 12.5 Å². The summed E-state index contributed by atoms with van der Waals surface area (Å²) in [5, 5.41) is 0. The van der Waals surface area contributed by atoms with Crippen LogP contribution in [0.25, 0.3) is 0 Å². The molecular weight excluding hydrogens is 272 g/mol. The number of benzene rings is 2. The molecule has 2 aromatic rings. The Morgan fingerprint density at radius 2 is 1.55 bits per heavy atom. The fraction of sp³-hybridized carbons (Fsp3) is 0.400. The van der Waals surface area contributed by atoms with Crippen LogP contribution < -0.4 is 4.74 Å². The van der Waals surface area contributed by atoms with Crippen molar-refractivity contribution in [2.75, 3.05) is 0 Å². The second-order valence-electron chi connectivity index (χ2n) is 5.63. The van der Waals surface area contributed by atoms with Crippen LogP contribution in [-0.2, 0) is 11.3 Å². The summed E-state index contributed by atoms with van der Waals surface area (Å²) in [7, 11) is 0. The zero-order valence-corrected chi connectivity index (χ0v) is 13.8. The van der Waals surface area contributed by atoms with E-state index in [1.807, 2.05) is 30.3 Å². The third kappa shape index (κ3) is 4.88. The zero-order valence-electron chi connectivity index (χ0n) is 13.8. The van der Waals surface area contributed by atoms with Crippen LogP contribution >= 0.6 is 0 Å². The average Bonchev–Trinajstić information content (AvgIpc) is 2.59. The molecule has 2 nitrogen and oxygen atoms in total. The van der Waals surface area contributed by atoms with Gasteiger partial charge in [-0.25, -0.2) is 0 Å². The molecule has 0 fully saturated rings. The Morgan fingerprint density at radius 3 is 2.14 bits per heavy atom. The van der Waals surface area contributed by atoms with Crippen LogP contribution in [0.4, 0.5) is 0 Å². The largest absolute Gasteiger partial charge is 0.465 e. The predicted molar refractivity (Wildman–Crippen MR) is 91.1 cm³/mol. The first kappa shape index (κ1) is 16.6. The molecule has 0 aliphatic heterocycles. The molecule has 0 radical (unpaired) electrons. The Hall–Kier alpha value is -1.80. The highest BCUT2D eigenvalue weighted by Gasteiger charge is 2.09. The summed E-state index contributed by atoms with van der Waals surface area (Å²) in [6.45, 7) is 7.10. The van der Waals surface area contributed by atoms with Gasteiger partial charge in [-0.3, -0.25) is 0 Å². The highest BCUT2D eigenvalue weighted by molar-refractivity contribution is 5.29. The van der Waals surface area contributed by atoms with Crippen molar-refractivity contribution in [1.29, 1.82) is 0 Å². The second kappa shape index (κ2) is 8.60. The van der Waals surface area contributed by atoms with Gasteiger partial charge in [-0.2, -0.15) is 0 Å². The van der Waals surface area contributed by atoms with Crippen molar-refractivity contribution < 1.29 is 9.47 Å². The minimum atomic E-state index is -0.213. The molecule has 2 rings (SSSR count). The first-order valence-corrected chi connectivity index (χ1v) is 8.15. The molecule has 0 aliphatic rings. The van der Waals surface area contributed by atoms with Gasteiger partial charge in [-0.05, 0) is 35.6 Å². The van der Waals surface area contributed by atoms with Crippen molar-refractivity contribution >= 4 is 0 Å². The summed E-state index contributed by atoms with van der Waals surface area (Å²) in [5.41, 5.74) is 2.52. The standard InChI is InChI=1S/C20H26O2/c1-4-16(3)18-11-13-19(14-12-18)22-20(5-2)21-15-17-9-7-6-8-10-17/h6-14,16,20H,4-5,15H2,1-3H3. The first-order valence-electron chi connectivity index (χ1n) is 8.15. The fourth-order valence-corrected chi connectivity index (χ4v) is 2.26. The Balaban J connectivity index is 1.89. The third-order valence-corrected chi connectivity index (χ3v) is 3.94. The normalized spacial score (nSPS) is 13.6. The van der Waals surface area contributed by atoms with Gasteiger partial charge < -0.3 is 9.47 Å². The Labute approximate surface area is 134 Å². The SMILES string of the molecule is CCC(OCc1ccccc1)Oc1ccc(C(C)CC)cc1. The van der Waals surface area contributed by atoms with E-state index in [1.165, 1.54) is 5.56 Å². The van der Waals surface area contributed by atoms with Gasteiger partial charge in [0.15, 0.2) is 6.29 Å². The van der Waals surface area contributed by atoms with Gasteiger partial charge in [0.2, 0.25) is 0 Å². The molecule has 2 aromatic carbocycles. The van der Waals surface area contributed by atoms with Crippen LogP contribution in [0.5, 0.6) is 5.75 Å². The van der Waals surface area contributed by atoms with Gasteiger partial charge >= 0.3 is 0 Å². The van der Waals surface area contributed by atoms with Crippen LogP contribution in [0, 0.1) is 0 Å². The Kier molecular flexibility index (Phi) is 6.47. The number of rotatable bonds is 8. The van der Waals surface area contributed by atoms with E-state index in [1.54, 1.807) is 0 Å². The lowest BCUT2D eigenvalue weighted by Crippen LogP contribution is -2.19. The maximum absolute atomic E-state index is 5.93. The van der Waals surface area contributed by atoms with E-state index in [4.69, 9.17) is 9.47 Å². The lowest BCUT2D eigenvalue weighted by molar-refractivity contribution is -0.0905. The predicted octanol–water partition coefficient (Wildman–Crippen LogP) is 5.53. The van der Waals surface area contributed by atoms with E-state index < -0.39 is 0 Å². The quantitative estimate of drug-likeness (QED) is 0.596. The van der Waals surface area contributed by atoms with Crippen molar-refractivity contribution in [3.8, 4) is 5.75 Å². The van der Waals surface area contributed by atoms with E-state index in [9.17, 15) is 0 Å². The maximum Gasteiger partial charge on any atom is 0.199 e. The molecule has 118 valence electrons. The van der Waals surface area contributed by atoms with Gasteiger partial charge in [0.05, 0.1) is 6.61 Å². The Bertz CT molecular complexity index is 533. The lowest BCUT2D eigenvalue weighted by atomic mass is 9.99. The van der Waals surface area contributed by atoms with Crippen molar-refractivity contribution in [1.82, 2.24) is 0 Å².